The molecule has 0 bridgehead atoms. The minimum atomic E-state index is 0.415. The highest BCUT2D eigenvalue weighted by Gasteiger charge is 2.06. The summed E-state index contributed by atoms with van der Waals surface area (Å²) in [5.74, 6) is 0. The van der Waals surface area contributed by atoms with E-state index in [9.17, 15) is 0 Å². The van der Waals surface area contributed by atoms with Crippen LogP contribution in [0.5, 0.6) is 0 Å². The first kappa shape index (κ1) is 11.4. The third-order valence-corrected chi connectivity index (χ3v) is 3.91. The van der Waals surface area contributed by atoms with E-state index in [1.807, 2.05) is 24.3 Å². The van der Waals surface area contributed by atoms with Gasteiger partial charge in [0.1, 0.15) is 5.69 Å². The molecule has 0 fully saturated rings. The second kappa shape index (κ2) is 4.88. The zero-order valence-corrected chi connectivity index (χ0v) is 10.9. The highest BCUT2D eigenvalue weighted by atomic mass is 35.5. The van der Waals surface area contributed by atoms with Gasteiger partial charge in [-0.05, 0) is 29.8 Å². The van der Waals surface area contributed by atoms with E-state index in [1.165, 1.54) is 10.4 Å². The Morgan fingerprint density at radius 2 is 1.56 bits per heavy atom. The van der Waals surface area contributed by atoms with E-state index < -0.39 is 0 Å². The average molecular weight is 273 g/mol. The fourth-order valence-electron chi connectivity index (χ4n) is 1.68. The quantitative estimate of drug-likeness (QED) is 0.685. The number of aromatic nitrogens is 2. The molecular formula is C14H9ClN2S. The molecule has 0 aliphatic rings. The van der Waals surface area contributed by atoms with Crippen LogP contribution >= 0.6 is 22.9 Å². The van der Waals surface area contributed by atoms with Gasteiger partial charge in [-0.1, -0.05) is 41.9 Å². The molecule has 0 saturated heterocycles. The molecule has 0 unspecified atom stereocenters. The maximum Gasteiger partial charge on any atom is 0.151 e. The van der Waals surface area contributed by atoms with E-state index in [-0.39, 0.29) is 0 Å². The molecule has 0 aliphatic heterocycles. The van der Waals surface area contributed by atoms with Crippen LogP contribution in [0, 0.1) is 0 Å². The van der Waals surface area contributed by atoms with E-state index >= 15 is 0 Å². The normalized spacial score (nSPS) is 10.5. The first-order chi connectivity index (χ1) is 8.83. The van der Waals surface area contributed by atoms with Gasteiger partial charge in [0.05, 0.1) is 4.88 Å². The van der Waals surface area contributed by atoms with Crippen molar-refractivity contribution in [2.45, 2.75) is 0 Å². The molecule has 2 aromatic heterocycles. The Balaban J connectivity index is 1.97. The molecule has 0 atom stereocenters. The molecule has 1 aromatic carbocycles. The number of benzene rings is 1. The summed E-state index contributed by atoms with van der Waals surface area (Å²) in [7, 11) is 0. The largest absolute Gasteiger partial charge is 0.151 e. The molecule has 0 aliphatic carbocycles. The molecule has 3 rings (SSSR count). The van der Waals surface area contributed by atoms with Crippen LogP contribution < -0.4 is 0 Å². The SMILES string of the molecule is Clc1ccc(-c2ccc(-c3ccccc3)s2)nn1. The Hall–Kier alpha value is -1.71. The molecule has 3 aromatic rings. The number of rotatable bonds is 2. The smallest absolute Gasteiger partial charge is 0.148 e. The third kappa shape index (κ3) is 2.28. The van der Waals surface area contributed by atoms with Gasteiger partial charge in [-0.15, -0.1) is 21.5 Å². The van der Waals surface area contributed by atoms with Crippen LogP contribution in [0.15, 0.2) is 54.6 Å². The molecule has 0 saturated carbocycles. The van der Waals surface area contributed by atoms with Crippen LogP contribution in [-0.4, -0.2) is 10.2 Å². The summed E-state index contributed by atoms with van der Waals surface area (Å²) < 4.78 is 0. The zero-order valence-electron chi connectivity index (χ0n) is 9.38. The summed E-state index contributed by atoms with van der Waals surface area (Å²) in [4.78, 5) is 2.32. The topological polar surface area (TPSA) is 25.8 Å². The number of nitrogens with zero attached hydrogens (tertiary/aromatic N) is 2. The van der Waals surface area contributed by atoms with Crippen LogP contribution in [0.4, 0.5) is 0 Å². The molecule has 2 heterocycles. The number of hydrogen-bond acceptors (Lipinski definition) is 3. The van der Waals surface area contributed by atoms with Crippen molar-refractivity contribution < 1.29 is 0 Å². The lowest BCUT2D eigenvalue weighted by Crippen LogP contribution is -1.84. The first-order valence-corrected chi connectivity index (χ1v) is 6.67. The Bertz CT molecular complexity index is 647. The van der Waals surface area contributed by atoms with Crippen molar-refractivity contribution in [1.29, 1.82) is 0 Å². The summed E-state index contributed by atoms with van der Waals surface area (Å²) >= 11 is 7.43. The zero-order chi connectivity index (χ0) is 12.4. The van der Waals surface area contributed by atoms with Gasteiger partial charge in [0, 0.05) is 4.88 Å². The van der Waals surface area contributed by atoms with Crippen molar-refractivity contribution in [3.8, 4) is 21.0 Å². The van der Waals surface area contributed by atoms with Gasteiger partial charge >= 0.3 is 0 Å². The summed E-state index contributed by atoms with van der Waals surface area (Å²) in [6, 6.07) is 18.1. The lowest BCUT2D eigenvalue weighted by molar-refractivity contribution is 1.04. The summed E-state index contributed by atoms with van der Waals surface area (Å²) in [6.45, 7) is 0. The van der Waals surface area contributed by atoms with Gasteiger partial charge in [-0.3, -0.25) is 0 Å². The van der Waals surface area contributed by atoms with Crippen molar-refractivity contribution in [3.63, 3.8) is 0 Å². The lowest BCUT2D eigenvalue weighted by Gasteiger charge is -1.96. The molecule has 4 heteroatoms. The van der Waals surface area contributed by atoms with Crippen molar-refractivity contribution in [1.82, 2.24) is 10.2 Å². The Morgan fingerprint density at radius 3 is 2.28 bits per heavy atom. The van der Waals surface area contributed by atoms with Crippen molar-refractivity contribution in [2.75, 3.05) is 0 Å². The molecule has 0 amide bonds. The van der Waals surface area contributed by atoms with E-state index in [0.29, 0.717) is 5.15 Å². The Labute approximate surface area is 114 Å². The van der Waals surface area contributed by atoms with Gasteiger partial charge in [0.15, 0.2) is 5.15 Å². The average Bonchev–Trinajstić information content (AvgIpc) is 2.90. The van der Waals surface area contributed by atoms with Gasteiger partial charge in [-0.2, -0.15) is 0 Å². The van der Waals surface area contributed by atoms with E-state index in [1.54, 1.807) is 17.4 Å². The Kier molecular flexibility index (Phi) is 3.09. The Morgan fingerprint density at radius 1 is 0.778 bits per heavy atom. The standard InChI is InChI=1S/C14H9ClN2S/c15-14-9-6-11(16-17-14)13-8-7-12(18-13)10-4-2-1-3-5-10/h1-9H. The maximum atomic E-state index is 5.73. The highest BCUT2D eigenvalue weighted by molar-refractivity contribution is 7.18. The van der Waals surface area contributed by atoms with Crippen LogP contribution in [0.3, 0.4) is 0 Å². The molecular weight excluding hydrogens is 264 g/mol. The predicted octanol–water partition coefficient (Wildman–Crippen LogP) is 4.53. The van der Waals surface area contributed by atoms with Gasteiger partial charge < -0.3 is 0 Å². The molecule has 0 N–H and O–H groups in total. The van der Waals surface area contributed by atoms with Crippen LogP contribution in [0.25, 0.3) is 21.0 Å². The summed E-state index contributed by atoms with van der Waals surface area (Å²) in [6.07, 6.45) is 0. The fourth-order valence-corrected chi connectivity index (χ4v) is 2.76. The van der Waals surface area contributed by atoms with Crippen LogP contribution in [0.1, 0.15) is 0 Å². The van der Waals surface area contributed by atoms with E-state index in [2.05, 4.69) is 34.5 Å². The monoisotopic (exact) mass is 272 g/mol. The third-order valence-electron chi connectivity index (χ3n) is 2.55. The second-order valence-corrected chi connectivity index (χ2v) is 5.24. The lowest BCUT2D eigenvalue weighted by atomic mass is 10.2. The molecule has 0 radical (unpaired) electrons. The summed E-state index contributed by atoms with van der Waals surface area (Å²) in [5.41, 5.74) is 2.07. The van der Waals surface area contributed by atoms with Gasteiger partial charge in [-0.25, -0.2) is 0 Å². The van der Waals surface area contributed by atoms with Crippen molar-refractivity contribution in [2.24, 2.45) is 0 Å². The minimum Gasteiger partial charge on any atom is -0.148 e. The number of halogens is 1. The van der Waals surface area contributed by atoms with Gasteiger partial charge in [0.25, 0.3) is 0 Å². The number of thiophene rings is 1. The maximum absolute atomic E-state index is 5.73. The van der Waals surface area contributed by atoms with Gasteiger partial charge in [0.2, 0.25) is 0 Å². The number of hydrogen-bond donors (Lipinski definition) is 0. The van der Waals surface area contributed by atoms with Crippen molar-refractivity contribution in [3.05, 3.63) is 59.8 Å². The van der Waals surface area contributed by atoms with E-state index in [4.69, 9.17) is 11.6 Å². The molecule has 18 heavy (non-hydrogen) atoms. The second-order valence-electron chi connectivity index (χ2n) is 3.77. The van der Waals surface area contributed by atoms with Crippen LogP contribution in [0.2, 0.25) is 5.15 Å². The highest BCUT2D eigenvalue weighted by Crippen LogP contribution is 2.33. The predicted molar refractivity (Wildman–Crippen MR) is 75.8 cm³/mol. The first-order valence-electron chi connectivity index (χ1n) is 5.48. The van der Waals surface area contributed by atoms with Crippen LogP contribution in [-0.2, 0) is 0 Å². The molecule has 88 valence electrons. The molecule has 2 nitrogen and oxygen atoms in total. The minimum absolute atomic E-state index is 0.415. The fraction of sp³-hybridized carbons (Fsp3) is 0. The summed E-state index contributed by atoms with van der Waals surface area (Å²) in [5, 5.41) is 8.36. The van der Waals surface area contributed by atoms with E-state index in [0.717, 1.165) is 10.6 Å². The van der Waals surface area contributed by atoms with Crippen molar-refractivity contribution >= 4 is 22.9 Å². The molecule has 0 spiro atoms.